The SMILES string of the molecule is CC(=O)Nc1ccc(Cl)cc1NC(=O)CCCOc1ccc(S(C)(=O)=O)cc1. The van der Waals surface area contributed by atoms with Crippen molar-refractivity contribution in [3.63, 3.8) is 0 Å². The second kappa shape index (κ2) is 9.57. The smallest absolute Gasteiger partial charge is 0.224 e. The van der Waals surface area contributed by atoms with E-state index in [1.54, 1.807) is 30.3 Å². The number of amides is 2. The van der Waals surface area contributed by atoms with Gasteiger partial charge in [0.05, 0.1) is 22.9 Å². The highest BCUT2D eigenvalue weighted by Gasteiger charge is 2.10. The minimum Gasteiger partial charge on any atom is -0.494 e. The summed E-state index contributed by atoms with van der Waals surface area (Å²) in [5.74, 6) is 0.0219. The number of rotatable bonds is 8. The van der Waals surface area contributed by atoms with Gasteiger partial charge in [-0.05, 0) is 48.9 Å². The van der Waals surface area contributed by atoms with E-state index in [-0.39, 0.29) is 23.1 Å². The summed E-state index contributed by atoms with van der Waals surface area (Å²) in [7, 11) is -3.24. The van der Waals surface area contributed by atoms with Crippen molar-refractivity contribution in [1.82, 2.24) is 0 Å². The monoisotopic (exact) mass is 424 g/mol. The number of nitrogens with one attached hydrogen (secondary N) is 2. The highest BCUT2D eigenvalue weighted by molar-refractivity contribution is 7.90. The fourth-order valence-electron chi connectivity index (χ4n) is 2.34. The number of anilines is 2. The van der Waals surface area contributed by atoms with Gasteiger partial charge in [0.25, 0.3) is 0 Å². The first-order valence-corrected chi connectivity index (χ1v) is 10.7. The number of carbonyl (C=O) groups is 2. The van der Waals surface area contributed by atoms with Crippen LogP contribution < -0.4 is 15.4 Å². The van der Waals surface area contributed by atoms with Crippen molar-refractivity contribution < 1.29 is 22.7 Å². The Morgan fingerprint density at radius 2 is 1.71 bits per heavy atom. The third-order valence-corrected chi connectivity index (χ3v) is 5.00. The third kappa shape index (κ3) is 6.86. The van der Waals surface area contributed by atoms with Gasteiger partial charge in [-0.15, -0.1) is 0 Å². The molecule has 2 rings (SSSR count). The Bertz CT molecular complexity index is 959. The lowest BCUT2D eigenvalue weighted by atomic mass is 10.2. The predicted octanol–water partition coefficient (Wildman–Crippen LogP) is 3.50. The maximum Gasteiger partial charge on any atom is 0.224 e. The molecule has 0 bridgehead atoms. The van der Waals surface area contributed by atoms with Crippen LogP contribution in [-0.4, -0.2) is 33.1 Å². The summed E-state index contributed by atoms with van der Waals surface area (Å²) in [4.78, 5) is 23.6. The highest BCUT2D eigenvalue weighted by atomic mass is 35.5. The molecule has 0 atom stereocenters. The molecule has 150 valence electrons. The zero-order chi connectivity index (χ0) is 20.7. The van der Waals surface area contributed by atoms with Crippen molar-refractivity contribution in [2.75, 3.05) is 23.5 Å². The minimum atomic E-state index is -3.24. The van der Waals surface area contributed by atoms with Crippen molar-refractivity contribution >= 4 is 44.6 Å². The van der Waals surface area contributed by atoms with Crippen LogP contribution in [0.2, 0.25) is 5.02 Å². The van der Waals surface area contributed by atoms with Crippen molar-refractivity contribution in [2.24, 2.45) is 0 Å². The first-order valence-electron chi connectivity index (χ1n) is 8.45. The van der Waals surface area contributed by atoms with Crippen molar-refractivity contribution in [3.05, 3.63) is 47.5 Å². The molecular weight excluding hydrogens is 404 g/mol. The van der Waals surface area contributed by atoms with Gasteiger partial charge in [-0.25, -0.2) is 8.42 Å². The molecule has 0 aromatic heterocycles. The van der Waals surface area contributed by atoms with E-state index >= 15 is 0 Å². The molecule has 2 N–H and O–H groups in total. The van der Waals surface area contributed by atoms with E-state index in [0.29, 0.717) is 35.2 Å². The fraction of sp³-hybridized carbons (Fsp3) is 0.263. The quantitative estimate of drug-likeness (QED) is 0.631. The van der Waals surface area contributed by atoms with Gasteiger partial charge in [-0.1, -0.05) is 11.6 Å². The summed E-state index contributed by atoms with van der Waals surface area (Å²) in [5, 5.41) is 5.78. The summed E-state index contributed by atoms with van der Waals surface area (Å²) < 4.78 is 28.4. The summed E-state index contributed by atoms with van der Waals surface area (Å²) in [5.41, 5.74) is 0.887. The Hall–Kier alpha value is -2.58. The number of halogens is 1. The largest absolute Gasteiger partial charge is 0.494 e. The zero-order valence-electron chi connectivity index (χ0n) is 15.5. The van der Waals surface area contributed by atoms with Gasteiger partial charge >= 0.3 is 0 Å². The maximum atomic E-state index is 12.1. The van der Waals surface area contributed by atoms with Crippen LogP contribution in [0.4, 0.5) is 11.4 Å². The van der Waals surface area contributed by atoms with E-state index in [9.17, 15) is 18.0 Å². The van der Waals surface area contributed by atoms with Crippen LogP contribution in [0.1, 0.15) is 19.8 Å². The molecule has 0 aliphatic rings. The first kappa shape index (κ1) is 21.7. The van der Waals surface area contributed by atoms with Crippen molar-refractivity contribution in [3.8, 4) is 5.75 Å². The molecule has 28 heavy (non-hydrogen) atoms. The van der Waals surface area contributed by atoms with Crippen LogP contribution in [0, 0.1) is 0 Å². The maximum absolute atomic E-state index is 12.1. The molecule has 9 heteroatoms. The fourth-order valence-corrected chi connectivity index (χ4v) is 3.14. The first-order chi connectivity index (χ1) is 13.1. The van der Waals surface area contributed by atoms with E-state index in [2.05, 4.69) is 10.6 Å². The van der Waals surface area contributed by atoms with Crippen LogP contribution in [0.15, 0.2) is 47.4 Å². The normalized spacial score (nSPS) is 11.0. The van der Waals surface area contributed by atoms with Crippen molar-refractivity contribution in [1.29, 1.82) is 0 Å². The van der Waals surface area contributed by atoms with E-state index in [1.165, 1.54) is 19.1 Å². The molecule has 0 aliphatic heterocycles. The van der Waals surface area contributed by atoms with Gasteiger partial charge < -0.3 is 15.4 Å². The highest BCUT2D eigenvalue weighted by Crippen LogP contribution is 2.26. The molecule has 0 heterocycles. The number of sulfone groups is 1. The zero-order valence-corrected chi connectivity index (χ0v) is 17.1. The van der Waals surface area contributed by atoms with Gasteiger partial charge in [-0.2, -0.15) is 0 Å². The molecule has 0 unspecified atom stereocenters. The summed E-state index contributed by atoms with van der Waals surface area (Å²) >= 11 is 5.95. The minimum absolute atomic E-state index is 0.202. The summed E-state index contributed by atoms with van der Waals surface area (Å²) in [6.07, 6.45) is 1.79. The second-order valence-corrected chi connectivity index (χ2v) is 8.57. The predicted molar refractivity (Wildman–Crippen MR) is 109 cm³/mol. The molecule has 0 aliphatic carbocycles. The van der Waals surface area contributed by atoms with Crippen LogP contribution in [0.3, 0.4) is 0 Å². The Labute approximate surface area is 169 Å². The molecule has 0 spiro atoms. The average molecular weight is 425 g/mol. The molecule has 2 amide bonds. The Kier molecular flexibility index (Phi) is 7.42. The molecule has 2 aromatic rings. The number of ether oxygens (including phenoxy) is 1. The van der Waals surface area contributed by atoms with Gasteiger partial charge in [-0.3, -0.25) is 9.59 Å². The number of carbonyl (C=O) groups excluding carboxylic acids is 2. The lowest BCUT2D eigenvalue weighted by Crippen LogP contribution is -2.15. The van der Waals surface area contributed by atoms with Crippen LogP contribution in [-0.2, 0) is 19.4 Å². The summed E-state index contributed by atoms with van der Waals surface area (Å²) in [6, 6.07) is 10.9. The van der Waals surface area contributed by atoms with Gasteiger partial charge in [0.15, 0.2) is 9.84 Å². The summed E-state index contributed by atoms with van der Waals surface area (Å²) in [6.45, 7) is 1.67. The average Bonchev–Trinajstić information content (AvgIpc) is 2.60. The number of hydrogen-bond donors (Lipinski definition) is 2. The van der Waals surface area contributed by atoms with Gasteiger partial charge in [0.2, 0.25) is 11.8 Å². The molecule has 2 aromatic carbocycles. The lowest BCUT2D eigenvalue weighted by molar-refractivity contribution is -0.116. The van der Waals surface area contributed by atoms with Crippen LogP contribution >= 0.6 is 11.6 Å². The van der Waals surface area contributed by atoms with E-state index in [4.69, 9.17) is 16.3 Å². The van der Waals surface area contributed by atoms with Crippen LogP contribution in [0.25, 0.3) is 0 Å². The van der Waals surface area contributed by atoms with Gasteiger partial charge in [0.1, 0.15) is 5.75 Å². The number of hydrogen-bond acceptors (Lipinski definition) is 5. The molecule has 7 nitrogen and oxygen atoms in total. The van der Waals surface area contributed by atoms with E-state index in [0.717, 1.165) is 6.26 Å². The van der Waals surface area contributed by atoms with E-state index in [1.807, 2.05) is 0 Å². The number of benzene rings is 2. The second-order valence-electron chi connectivity index (χ2n) is 6.11. The molecule has 0 saturated carbocycles. The van der Waals surface area contributed by atoms with Crippen molar-refractivity contribution in [2.45, 2.75) is 24.7 Å². The molecular formula is C19H21ClN2O5S. The topological polar surface area (TPSA) is 102 Å². The molecule has 0 saturated heterocycles. The molecule has 0 fully saturated rings. The standard InChI is InChI=1S/C19H21ClN2O5S/c1-13(23)21-17-10-5-14(20)12-18(17)22-19(24)4-3-11-27-15-6-8-16(9-7-15)28(2,25)26/h5-10,12H,3-4,11H2,1-2H3,(H,21,23)(H,22,24). The Morgan fingerprint density at radius 1 is 1.04 bits per heavy atom. The Morgan fingerprint density at radius 3 is 2.32 bits per heavy atom. The lowest BCUT2D eigenvalue weighted by Gasteiger charge is -2.12. The third-order valence-electron chi connectivity index (χ3n) is 3.64. The van der Waals surface area contributed by atoms with Gasteiger partial charge in [0, 0.05) is 24.6 Å². The van der Waals surface area contributed by atoms with Crippen LogP contribution in [0.5, 0.6) is 5.75 Å². The van der Waals surface area contributed by atoms with E-state index < -0.39 is 9.84 Å². The Balaban J connectivity index is 1.83. The molecule has 0 radical (unpaired) electrons.